The van der Waals surface area contributed by atoms with Crippen LogP contribution in [-0.2, 0) is 9.59 Å². The van der Waals surface area contributed by atoms with Gasteiger partial charge in [-0.05, 0) is 11.3 Å². The second-order valence-corrected chi connectivity index (χ2v) is 4.67. The third-order valence-corrected chi connectivity index (χ3v) is 2.80. The summed E-state index contributed by atoms with van der Waals surface area (Å²) in [5.74, 6) is -1.06. The second kappa shape index (κ2) is 6.11. The van der Waals surface area contributed by atoms with Gasteiger partial charge in [0.05, 0.1) is 6.07 Å². The number of amides is 2. The van der Waals surface area contributed by atoms with Gasteiger partial charge in [0.2, 0.25) is 0 Å². The summed E-state index contributed by atoms with van der Waals surface area (Å²) >= 11 is 0. The molecule has 0 atom stereocenters. The van der Waals surface area contributed by atoms with Crippen LogP contribution in [0.15, 0.2) is 0 Å². The zero-order valence-electron chi connectivity index (χ0n) is 10.3. The predicted octanol–water partition coefficient (Wildman–Crippen LogP) is 0.425. The molecule has 0 bridgehead atoms. The summed E-state index contributed by atoms with van der Waals surface area (Å²) in [5.41, 5.74) is -0.0643. The van der Waals surface area contributed by atoms with Crippen LogP contribution in [0.1, 0.15) is 27.7 Å². The Morgan fingerprint density at radius 2 is 1.75 bits per heavy atom. The molecule has 90 valence electrons. The Hall–Kier alpha value is -1.57. The van der Waals surface area contributed by atoms with Crippen molar-refractivity contribution in [3.8, 4) is 6.07 Å². The smallest absolute Gasteiger partial charge is 0.310 e. The van der Waals surface area contributed by atoms with Crippen molar-refractivity contribution in [2.45, 2.75) is 27.7 Å². The molecule has 0 radical (unpaired) electrons. The first-order chi connectivity index (χ1) is 7.31. The number of hydrogen-bond donors (Lipinski definition) is 2. The normalized spacial score (nSPS) is 10.8. The number of rotatable bonds is 4. The molecule has 0 aromatic rings. The molecule has 0 aliphatic heterocycles. The number of hydrogen-bond acceptors (Lipinski definition) is 3. The molecule has 0 aromatic heterocycles. The molecule has 5 nitrogen and oxygen atoms in total. The summed E-state index contributed by atoms with van der Waals surface area (Å²) in [4.78, 5) is 22.4. The summed E-state index contributed by atoms with van der Waals surface area (Å²) in [5, 5.41) is 13.0. The van der Waals surface area contributed by atoms with Crippen molar-refractivity contribution in [1.82, 2.24) is 10.6 Å². The van der Waals surface area contributed by atoms with Crippen molar-refractivity contribution in [1.29, 1.82) is 5.26 Å². The Balaban J connectivity index is 4.08. The molecular formula is C11H19N3O2. The predicted molar refractivity (Wildman–Crippen MR) is 60.3 cm³/mol. The molecule has 0 spiro atoms. The van der Waals surface area contributed by atoms with Gasteiger partial charge in [0.15, 0.2) is 0 Å². The van der Waals surface area contributed by atoms with Crippen LogP contribution in [-0.4, -0.2) is 24.9 Å². The lowest BCUT2D eigenvalue weighted by atomic mass is 9.81. The Morgan fingerprint density at radius 3 is 2.19 bits per heavy atom. The van der Waals surface area contributed by atoms with Gasteiger partial charge in [-0.1, -0.05) is 27.7 Å². The summed E-state index contributed by atoms with van der Waals surface area (Å²) < 4.78 is 0. The van der Waals surface area contributed by atoms with Crippen LogP contribution in [0.25, 0.3) is 0 Å². The molecule has 2 amide bonds. The van der Waals surface area contributed by atoms with Crippen LogP contribution in [0.3, 0.4) is 0 Å². The molecule has 2 N–H and O–H groups in total. The van der Waals surface area contributed by atoms with Gasteiger partial charge in [-0.2, -0.15) is 5.26 Å². The SMILES string of the molecule is CC(C)C(C)(C)CNC(=O)C(=O)NCC#N. The number of nitrogens with one attached hydrogen (secondary N) is 2. The third kappa shape index (κ3) is 4.78. The van der Waals surface area contributed by atoms with Crippen molar-refractivity contribution in [3.63, 3.8) is 0 Å². The van der Waals surface area contributed by atoms with Crippen molar-refractivity contribution < 1.29 is 9.59 Å². The van der Waals surface area contributed by atoms with Gasteiger partial charge in [0, 0.05) is 6.54 Å². The lowest BCUT2D eigenvalue weighted by Gasteiger charge is -2.29. The van der Waals surface area contributed by atoms with E-state index in [4.69, 9.17) is 5.26 Å². The maximum absolute atomic E-state index is 11.3. The Kier molecular flexibility index (Phi) is 5.51. The quantitative estimate of drug-likeness (QED) is 0.537. The van der Waals surface area contributed by atoms with Gasteiger partial charge in [0.1, 0.15) is 6.54 Å². The van der Waals surface area contributed by atoms with Crippen molar-refractivity contribution >= 4 is 11.8 Å². The van der Waals surface area contributed by atoms with Crippen molar-refractivity contribution in [2.75, 3.05) is 13.1 Å². The molecule has 0 aromatic carbocycles. The first-order valence-corrected chi connectivity index (χ1v) is 5.24. The Labute approximate surface area is 96.2 Å². The number of nitriles is 1. The van der Waals surface area contributed by atoms with Crippen LogP contribution in [0, 0.1) is 22.7 Å². The van der Waals surface area contributed by atoms with Gasteiger partial charge in [-0.15, -0.1) is 0 Å². The van der Waals surface area contributed by atoms with E-state index in [-0.39, 0.29) is 12.0 Å². The van der Waals surface area contributed by atoms with Crippen LogP contribution >= 0.6 is 0 Å². The molecule has 0 unspecified atom stereocenters. The van der Waals surface area contributed by atoms with Crippen LogP contribution in [0.2, 0.25) is 0 Å². The highest BCUT2D eigenvalue weighted by molar-refractivity contribution is 6.35. The fourth-order valence-electron chi connectivity index (χ4n) is 0.793. The van der Waals surface area contributed by atoms with Gasteiger partial charge in [-0.25, -0.2) is 0 Å². The Morgan fingerprint density at radius 1 is 1.25 bits per heavy atom. The highest BCUT2D eigenvalue weighted by Crippen LogP contribution is 2.24. The Bertz CT molecular complexity index is 303. The molecule has 0 saturated heterocycles. The lowest BCUT2D eigenvalue weighted by molar-refractivity contribution is -0.139. The van der Waals surface area contributed by atoms with Crippen molar-refractivity contribution in [2.24, 2.45) is 11.3 Å². The van der Waals surface area contributed by atoms with E-state index >= 15 is 0 Å². The lowest BCUT2D eigenvalue weighted by Crippen LogP contribution is -2.44. The van der Waals surface area contributed by atoms with E-state index in [1.54, 1.807) is 6.07 Å². The highest BCUT2D eigenvalue weighted by atomic mass is 16.2. The molecule has 0 aliphatic carbocycles. The minimum Gasteiger partial charge on any atom is -0.347 e. The summed E-state index contributed by atoms with van der Waals surface area (Å²) in [6.07, 6.45) is 0. The largest absolute Gasteiger partial charge is 0.347 e. The van der Waals surface area contributed by atoms with E-state index < -0.39 is 11.8 Å². The molecule has 0 fully saturated rings. The average Bonchev–Trinajstić information content (AvgIpc) is 2.22. The number of nitrogens with zero attached hydrogens (tertiary/aromatic N) is 1. The van der Waals surface area contributed by atoms with Crippen molar-refractivity contribution in [3.05, 3.63) is 0 Å². The van der Waals surface area contributed by atoms with E-state index in [0.717, 1.165) is 0 Å². The second-order valence-electron chi connectivity index (χ2n) is 4.67. The number of carbonyl (C=O) groups is 2. The minimum absolute atomic E-state index is 0.0643. The highest BCUT2D eigenvalue weighted by Gasteiger charge is 2.24. The fraction of sp³-hybridized carbons (Fsp3) is 0.727. The van der Waals surface area contributed by atoms with Gasteiger partial charge in [0.25, 0.3) is 0 Å². The average molecular weight is 225 g/mol. The summed E-state index contributed by atoms with van der Waals surface area (Å²) in [6.45, 7) is 8.43. The van der Waals surface area contributed by atoms with E-state index in [0.29, 0.717) is 12.5 Å². The van der Waals surface area contributed by atoms with Gasteiger partial charge < -0.3 is 10.6 Å². The molecule has 16 heavy (non-hydrogen) atoms. The summed E-state index contributed by atoms with van der Waals surface area (Å²) in [6, 6.07) is 1.73. The molecular weight excluding hydrogens is 206 g/mol. The van der Waals surface area contributed by atoms with E-state index in [1.807, 2.05) is 13.8 Å². The molecule has 5 heteroatoms. The van der Waals surface area contributed by atoms with Crippen LogP contribution in [0.5, 0.6) is 0 Å². The maximum atomic E-state index is 11.3. The molecule has 0 aliphatic rings. The third-order valence-electron chi connectivity index (χ3n) is 2.80. The molecule has 0 rings (SSSR count). The monoisotopic (exact) mass is 225 g/mol. The standard InChI is InChI=1S/C11H19N3O2/c1-8(2)11(3,4)7-14-10(16)9(15)13-6-5-12/h8H,6-7H2,1-4H3,(H,13,15)(H,14,16). The first-order valence-electron chi connectivity index (χ1n) is 5.24. The van der Waals surface area contributed by atoms with E-state index in [1.165, 1.54) is 0 Å². The van der Waals surface area contributed by atoms with Crippen LogP contribution < -0.4 is 10.6 Å². The topological polar surface area (TPSA) is 82.0 Å². The van der Waals surface area contributed by atoms with E-state index in [9.17, 15) is 9.59 Å². The van der Waals surface area contributed by atoms with E-state index in [2.05, 4.69) is 24.5 Å². The van der Waals surface area contributed by atoms with Gasteiger partial charge >= 0.3 is 11.8 Å². The van der Waals surface area contributed by atoms with Crippen LogP contribution in [0.4, 0.5) is 0 Å². The molecule has 0 saturated carbocycles. The maximum Gasteiger partial charge on any atom is 0.310 e. The zero-order chi connectivity index (χ0) is 12.8. The summed E-state index contributed by atoms with van der Waals surface area (Å²) in [7, 11) is 0. The fourth-order valence-corrected chi connectivity index (χ4v) is 0.793. The molecule has 0 heterocycles. The van der Waals surface area contributed by atoms with Gasteiger partial charge in [-0.3, -0.25) is 9.59 Å². The zero-order valence-corrected chi connectivity index (χ0v) is 10.3. The minimum atomic E-state index is -0.763. The number of carbonyl (C=O) groups excluding carboxylic acids is 2. The first kappa shape index (κ1) is 14.4.